The summed E-state index contributed by atoms with van der Waals surface area (Å²) in [5, 5.41) is 0. The van der Waals surface area contributed by atoms with E-state index in [0.717, 1.165) is 5.75 Å². The molecule has 1 aromatic carbocycles. The molecule has 84 valence electrons. The zero-order valence-electron chi connectivity index (χ0n) is 9.97. The van der Waals surface area contributed by atoms with Crippen LogP contribution in [-0.2, 0) is 0 Å². The van der Waals surface area contributed by atoms with Crippen LogP contribution in [0.25, 0.3) is 0 Å². The van der Waals surface area contributed by atoms with Gasteiger partial charge in [-0.3, -0.25) is 4.90 Å². The molecule has 0 aliphatic carbocycles. The average molecular weight is 272 g/mol. The molecule has 1 unspecified atom stereocenters. The lowest BCUT2D eigenvalue weighted by molar-refractivity contribution is 0.367. The maximum Gasteiger partial charge on any atom is 0.127 e. The first-order valence-electron chi connectivity index (χ1n) is 4.93. The van der Waals surface area contributed by atoms with Gasteiger partial charge in [-0.05, 0) is 39.6 Å². The van der Waals surface area contributed by atoms with Crippen LogP contribution in [0.2, 0.25) is 0 Å². The third-order valence-corrected chi connectivity index (χ3v) is 3.67. The Hall–Kier alpha value is -0.540. The monoisotopic (exact) mass is 271 g/mol. The molecular weight excluding hydrogens is 254 g/mol. The zero-order valence-corrected chi connectivity index (χ0v) is 11.6. The van der Waals surface area contributed by atoms with Crippen LogP contribution in [0.1, 0.15) is 21.6 Å². The fraction of sp³-hybridized carbons (Fsp3) is 0.500. The third kappa shape index (κ3) is 2.73. The van der Waals surface area contributed by atoms with Crippen molar-refractivity contribution in [1.82, 2.24) is 4.90 Å². The van der Waals surface area contributed by atoms with Crippen molar-refractivity contribution in [3.05, 3.63) is 28.8 Å². The Morgan fingerprint density at radius 1 is 1.27 bits per heavy atom. The largest absolute Gasteiger partial charge is 0.496 e. The van der Waals surface area contributed by atoms with Crippen molar-refractivity contribution in [1.29, 1.82) is 0 Å². The van der Waals surface area contributed by atoms with E-state index in [1.165, 1.54) is 16.7 Å². The van der Waals surface area contributed by atoms with Crippen molar-refractivity contribution in [2.75, 3.05) is 21.2 Å². The number of nitrogens with zero attached hydrogens (tertiary/aromatic N) is 1. The van der Waals surface area contributed by atoms with Crippen LogP contribution in [0, 0.1) is 13.8 Å². The zero-order chi connectivity index (χ0) is 11.6. The molecule has 0 saturated carbocycles. The molecule has 1 aromatic rings. The van der Waals surface area contributed by atoms with Crippen LogP contribution in [-0.4, -0.2) is 26.1 Å². The van der Waals surface area contributed by atoms with Gasteiger partial charge in [0.25, 0.3) is 0 Å². The number of aryl methyl sites for hydroxylation is 2. The third-order valence-electron chi connectivity index (χ3n) is 2.36. The molecule has 0 radical (unpaired) electrons. The van der Waals surface area contributed by atoms with Crippen molar-refractivity contribution in [3.8, 4) is 5.75 Å². The Labute approximate surface area is 100 Å². The fourth-order valence-electron chi connectivity index (χ4n) is 1.72. The summed E-state index contributed by atoms with van der Waals surface area (Å²) in [4.78, 5) is 2.29. The van der Waals surface area contributed by atoms with Crippen molar-refractivity contribution < 1.29 is 4.74 Å². The number of alkyl halides is 1. The quantitative estimate of drug-likeness (QED) is 0.618. The lowest BCUT2D eigenvalue weighted by atomic mass is 10.1. The topological polar surface area (TPSA) is 12.5 Å². The Morgan fingerprint density at radius 2 is 1.87 bits per heavy atom. The van der Waals surface area contributed by atoms with E-state index in [4.69, 9.17) is 4.74 Å². The minimum Gasteiger partial charge on any atom is -0.496 e. The lowest BCUT2D eigenvalue weighted by Crippen LogP contribution is -2.15. The standard InChI is InChI=1S/C12H18BrNO/c1-8-6-9(2)11(15-5)10(7-8)12(13)14(3)4/h6-7,12H,1-5H3. The van der Waals surface area contributed by atoms with Gasteiger partial charge < -0.3 is 4.74 Å². The summed E-state index contributed by atoms with van der Waals surface area (Å²) >= 11 is 3.66. The molecule has 0 fully saturated rings. The van der Waals surface area contributed by atoms with Crippen molar-refractivity contribution in [3.63, 3.8) is 0 Å². The highest BCUT2D eigenvalue weighted by Gasteiger charge is 2.16. The van der Waals surface area contributed by atoms with Gasteiger partial charge in [-0.2, -0.15) is 0 Å². The van der Waals surface area contributed by atoms with Crippen LogP contribution in [0.4, 0.5) is 0 Å². The summed E-state index contributed by atoms with van der Waals surface area (Å²) in [7, 11) is 5.80. The van der Waals surface area contributed by atoms with E-state index in [0.29, 0.717) is 0 Å². The smallest absolute Gasteiger partial charge is 0.127 e. The van der Waals surface area contributed by atoms with Crippen molar-refractivity contribution >= 4 is 15.9 Å². The van der Waals surface area contributed by atoms with Gasteiger partial charge >= 0.3 is 0 Å². The number of halogens is 1. The molecule has 0 N–H and O–H groups in total. The van der Waals surface area contributed by atoms with E-state index < -0.39 is 0 Å². The molecule has 3 heteroatoms. The number of ether oxygens (including phenoxy) is 1. The SMILES string of the molecule is COc1c(C)cc(C)cc1C(Br)N(C)C. The second-order valence-electron chi connectivity index (χ2n) is 4.00. The number of rotatable bonds is 3. The minimum absolute atomic E-state index is 0.186. The van der Waals surface area contributed by atoms with Crippen LogP contribution in [0.15, 0.2) is 12.1 Å². The molecular formula is C12H18BrNO. The molecule has 15 heavy (non-hydrogen) atoms. The van der Waals surface area contributed by atoms with Gasteiger partial charge in [-0.15, -0.1) is 0 Å². The van der Waals surface area contributed by atoms with Crippen LogP contribution in [0.3, 0.4) is 0 Å². The molecule has 0 saturated heterocycles. The molecule has 0 spiro atoms. The van der Waals surface area contributed by atoms with Gasteiger partial charge in [-0.1, -0.05) is 27.6 Å². The average Bonchev–Trinajstić information content (AvgIpc) is 2.15. The number of methoxy groups -OCH3 is 1. The Balaban J connectivity index is 3.26. The summed E-state index contributed by atoms with van der Waals surface area (Å²) in [5.74, 6) is 0.969. The van der Waals surface area contributed by atoms with Gasteiger partial charge in [0.2, 0.25) is 0 Å². The number of hydrogen-bond donors (Lipinski definition) is 0. The molecule has 0 bridgehead atoms. The van der Waals surface area contributed by atoms with E-state index in [1.807, 2.05) is 14.1 Å². The molecule has 2 nitrogen and oxygen atoms in total. The van der Waals surface area contributed by atoms with Crippen molar-refractivity contribution in [2.45, 2.75) is 18.8 Å². The van der Waals surface area contributed by atoms with E-state index in [2.05, 4.69) is 46.8 Å². The summed E-state index contributed by atoms with van der Waals surface area (Å²) in [6.07, 6.45) is 0. The molecule has 0 amide bonds. The van der Waals surface area contributed by atoms with Gasteiger partial charge in [0.15, 0.2) is 0 Å². The maximum atomic E-state index is 5.45. The highest BCUT2D eigenvalue weighted by molar-refractivity contribution is 9.09. The number of hydrogen-bond acceptors (Lipinski definition) is 2. The predicted molar refractivity (Wildman–Crippen MR) is 67.8 cm³/mol. The Bertz CT molecular complexity index is 350. The van der Waals surface area contributed by atoms with Gasteiger partial charge in [-0.25, -0.2) is 0 Å². The number of benzene rings is 1. The van der Waals surface area contributed by atoms with Crippen LogP contribution in [0.5, 0.6) is 5.75 Å². The minimum atomic E-state index is 0.186. The van der Waals surface area contributed by atoms with Crippen LogP contribution < -0.4 is 4.74 Å². The van der Waals surface area contributed by atoms with Crippen LogP contribution >= 0.6 is 15.9 Å². The van der Waals surface area contributed by atoms with Gasteiger partial charge in [0.1, 0.15) is 5.75 Å². The Kier molecular flexibility index (Phi) is 4.17. The summed E-state index contributed by atoms with van der Waals surface area (Å²) in [6.45, 7) is 4.18. The summed E-state index contributed by atoms with van der Waals surface area (Å²) in [6, 6.07) is 4.29. The normalized spacial score (nSPS) is 13.0. The highest BCUT2D eigenvalue weighted by Crippen LogP contribution is 2.35. The molecule has 0 aliphatic heterocycles. The molecule has 1 atom stereocenters. The molecule has 1 rings (SSSR count). The summed E-state index contributed by atoms with van der Waals surface area (Å²) < 4.78 is 5.45. The van der Waals surface area contributed by atoms with E-state index in [1.54, 1.807) is 7.11 Å². The first-order valence-corrected chi connectivity index (χ1v) is 5.84. The van der Waals surface area contributed by atoms with Crippen molar-refractivity contribution in [2.24, 2.45) is 0 Å². The first kappa shape index (κ1) is 12.5. The molecule has 0 aromatic heterocycles. The van der Waals surface area contributed by atoms with E-state index in [-0.39, 0.29) is 4.95 Å². The van der Waals surface area contributed by atoms with Gasteiger partial charge in [0, 0.05) is 5.56 Å². The fourth-order valence-corrected chi connectivity index (χ4v) is 2.06. The van der Waals surface area contributed by atoms with Gasteiger partial charge in [0.05, 0.1) is 12.1 Å². The lowest BCUT2D eigenvalue weighted by Gasteiger charge is -2.22. The maximum absolute atomic E-state index is 5.45. The Morgan fingerprint density at radius 3 is 2.33 bits per heavy atom. The summed E-state index contributed by atoms with van der Waals surface area (Å²) in [5.41, 5.74) is 3.62. The predicted octanol–water partition coefficient (Wildman–Crippen LogP) is 3.27. The second kappa shape index (κ2) is 4.99. The molecule has 0 heterocycles. The second-order valence-corrected chi connectivity index (χ2v) is 4.87. The highest BCUT2D eigenvalue weighted by atomic mass is 79.9. The molecule has 0 aliphatic rings. The van der Waals surface area contributed by atoms with E-state index in [9.17, 15) is 0 Å². The first-order chi connectivity index (χ1) is 6.97. The van der Waals surface area contributed by atoms with E-state index >= 15 is 0 Å².